The molecular weight excluding hydrogens is 252 g/mol. The molecule has 6 heteroatoms. The highest BCUT2D eigenvalue weighted by molar-refractivity contribution is 5.70. The molecule has 1 heterocycles. The lowest BCUT2D eigenvalue weighted by Crippen LogP contribution is -2.04. The Bertz CT molecular complexity index is 617. The number of pyridine rings is 1. The molecule has 2 rings (SSSR count). The summed E-state index contributed by atoms with van der Waals surface area (Å²) in [4.78, 5) is 4.01. The van der Waals surface area contributed by atoms with Crippen molar-refractivity contribution >= 4 is 17.2 Å². The van der Waals surface area contributed by atoms with Gasteiger partial charge in [-0.1, -0.05) is 6.07 Å². The Kier molecular flexibility index (Phi) is 3.50. The molecule has 4 nitrogen and oxygen atoms in total. The van der Waals surface area contributed by atoms with E-state index in [0.717, 1.165) is 0 Å². The largest absolute Gasteiger partial charge is 0.481 e. The van der Waals surface area contributed by atoms with Crippen LogP contribution in [0.25, 0.3) is 0 Å². The molecule has 0 bridgehead atoms. The van der Waals surface area contributed by atoms with E-state index in [4.69, 9.17) is 10.5 Å². The number of benzene rings is 1. The number of nitrogen functional groups attached to an aromatic ring is 1. The Morgan fingerprint density at radius 3 is 2.63 bits per heavy atom. The molecular formula is C13H13F2N3O. The normalized spacial score (nSPS) is 10.3. The summed E-state index contributed by atoms with van der Waals surface area (Å²) < 4.78 is 32.4. The standard InChI is InChI=1S/C13H13F2N3O/c1-7-3-4-8(14)12(11(7)15)18-13-9(16)5-6-10(17-13)19-2/h3-6H,16H2,1-2H3,(H,17,18). The number of rotatable bonds is 3. The van der Waals surface area contributed by atoms with Gasteiger partial charge in [0.15, 0.2) is 11.6 Å². The Hall–Kier alpha value is -2.37. The lowest BCUT2D eigenvalue weighted by Gasteiger charge is -2.12. The minimum absolute atomic E-state index is 0.141. The van der Waals surface area contributed by atoms with Crippen LogP contribution in [0.4, 0.5) is 26.0 Å². The molecule has 0 radical (unpaired) electrons. The van der Waals surface area contributed by atoms with E-state index in [1.54, 1.807) is 19.1 Å². The summed E-state index contributed by atoms with van der Waals surface area (Å²) >= 11 is 0. The molecule has 100 valence electrons. The maximum Gasteiger partial charge on any atom is 0.215 e. The minimum atomic E-state index is -0.716. The first-order valence-corrected chi connectivity index (χ1v) is 5.55. The fourth-order valence-corrected chi connectivity index (χ4v) is 1.56. The SMILES string of the molecule is COc1ccc(N)c(Nc2c(F)ccc(C)c2F)n1. The molecule has 0 saturated carbocycles. The quantitative estimate of drug-likeness (QED) is 0.895. The Morgan fingerprint density at radius 2 is 1.95 bits per heavy atom. The van der Waals surface area contributed by atoms with Crippen LogP contribution in [-0.2, 0) is 0 Å². The van der Waals surface area contributed by atoms with Gasteiger partial charge in [0.2, 0.25) is 5.88 Å². The van der Waals surface area contributed by atoms with Crippen LogP contribution in [0, 0.1) is 18.6 Å². The van der Waals surface area contributed by atoms with Gasteiger partial charge in [0, 0.05) is 6.07 Å². The summed E-state index contributed by atoms with van der Waals surface area (Å²) in [5, 5.41) is 2.56. The van der Waals surface area contributed by atoms with Crippen LogP contribution >= 0.6 is 0 Å². The van der Waals surface area contributed by atoms with E-state index in [1.165, 1.54) is 19.2 Å². The molecule has 0 fully saturated rings. The van der Waals surface area contributed by atoms with Crippen molar-refractivity contribution in [2.75, 3.05) is 18.2 Å². The second-order valence-electron chi connectivity index (χ2n) is 3.97. The van der Waals surface area contributed by atoms with Gasteiger partial charge in [-0.25, -0.2) is 8.78 Å². The second kappa shape index (κ2) is 5.09. The van der Waals surface area contributed by atoms with Crippen molar-refractivity contribution in [1.82, 2.24) is 4.98 Å². The fraction of sp³-hybridized carbons (Fsp3) is 0.154. The molecule has 1 aromatic heterocycles. The lowest BCUT2D eigenvalue weighted by molar-refractivity contribution is 0.398. The van der Waals surface area contributed by atoms with Crippen molar-refractivity contribution in [2.45, 2.75) is 6.92 Å². The first kappa shape index (κ1) is 13.1. The van der Waals surface area contributed by atoms with Gasteiger partial charge in [-0.05, 0) is 24.6 Å². The lowest BCUT2D eigenvalue weighted by atomic mass is 10.2. The molecule has 0 unspecified atom stereocenters. The average molecular weight is 265 g/mol. The van der Waals surface area contributed by atoms with Gasteiger partial charge in [-0.2, -0.15) is 4.98 Å². The molecule has 0 aliphatic carbocycles. The van der Waals surface area contributed by atoms with Gasteiger partial charge in [0.05, 0.1) is 12.8 Å². The average Bonchev–Trinajstić information content (AvgIpc) is 2.41. The predicted molar refractivity (Wildman–Crippen MR) is 69.6 cm³/mol. The van der Waals surface area contributed by atoms with Gasteiger partial charge in [-0.3, -0.25) is 0 Å². The van der Waals surface area contributed by atoms with Gasteiger partial charge < -0.3 is 15.8 Å². The summed E-state index contributed by atoms with van der Waals surface area (Å²) in [5.41, 5.74) is 6.01. The number of nitrogens with one attached hydrogen (secondary N) is 1. The van der Waals surface area contributed by atoms with E-state index in [0.29, 0.717) is 11.4 Å². The number of nitrogens with two attached hydrogens (primary N) is 1. The highest BCUT2D eigenvalue weighted by atomic mass is 19.1. The highest BCUT2D eigenvalue weighted by Gasteiger charge is 2.14. The fourth-order valence-electron chi connectivity index (χ4n) is 1.56. The number of halogens is 2. The molecule has 19 heavy (non-hydrogen) atoms. The van der Waals surface area contributed by atoms with Crippen LogP contribution in [0.2, 0.25) is 0 Å². The number of aryl methyl sites for hydroxylation is 1. The smallest absolute Gasteiger partial charge is 0.215 e. The topological polar surface area (TPSA) is 60.2 Å². The number of methoxy groups -OCH3 is 1. The number of nitrogens with zero attached hydrogens (tertiary/aromatic N) is 1. The third-order valence-electron chi connectivity index (χ3n) is 2.64. The van der Waals surface area contributed by atoms with E-state index in [2.05, 4.69) is 10.3 Å². The number of anilines is 3. The van der Waals surface area contributed by atoms with E-state index in [9.17, 15) is 8.78 Å². The summed E-state index contributed by atoms with van der Waals surface area (Å²) in [5.74, 6) is -0.955. The molecule has 0 saturated heterocycles. The van der Waals surface area contributed by atoms with Crippen LogP contribution in [0.1, 0.15) is 5.56 Å². The first-order valence-electron chi connectivity index (χ1n) is 5.55. The maximum atomic E-state index is 13.9. The van der Waals surface area contributed by atoms with Crippen LogP contribution < -0.4 is 15.8 Å². The molecule has 0 amide bonds. The van der Waals surface area contributed by atoms with E-state index in [-0.39, 0.29) is 17.2 Å². The van der Waals surface area contributed by atoms with E-state index < -0.39 is 11.6 Å². The Labute approximate surface area is 109 Å². The molecule has 0 aliphatic heterocycles. The van der Waals surface area contributed by atoms with Crippen LogP contribution in [-0.4, -0.2) is 12.1 Å². The zero-order valence-electron chi connectivity index (χ0n) is 10.5. The Balaban J connectivity index is 2.44. The van der Waals surface area contributed by atoms with Crippen molar-refractivity contribution in [2.24, 2.45) is 0 Å². The van der Waals surface area contributed by atoms with Crippen molar-refractivity contribution in [3.63, 3.8) is 0 Å². The summed E-state index contributed by atoms with van der Waals surface area (Å²) in [7, 11) is 1.44. The van der Waals surface area contributed by atoms with Gasteiger partial charge in [-0.15, -0.1) is 0 Å². The van der Waals surface area contributed by atoms with Gasteiger partial charge >= 0.3 is 0 Å². The Morgan fingerprint density at radius 1 is 1.21 bits per heavy atom. The van der Waals surface area contributed by atoms with Crippen LogP contribution in [0.3, 0.4) is 0 Å². The number of ether oxygens (including phenoxy) is 1. The number of hydrogen-bond donors (Lipinski definition) is 2. The van der Waals surface area contributed by atoms with Crippen molar-refractivity contribution in [3.05, 3.63) is 41.5 Å². The summed E-state index contributed by atoms with van der Waals surface area (Å²) in [6.07, 6.45) is 0. The molecule has 0 spiro atoms. The second-order valence-corrected chi connectivity index (χ2v) is 3.97. The van der Waals surface area contributed by atoms with E-state index >= 15 is 0 Å². The zero-order chi connectivity index (χ0) is 14.0. The third-order valence-corrected chi connectivity index (χ3v) is 2.64. The molecule has 2 aromatic rings. The third kappa shape index (κ3) is 2.57. The van der Waals surface area contributed by atoms with E-state index in [1.807, 2.05) is 0 Å². The van der Waals surface area contributed by atoms with Crippen molar-refractivity contribution in [1.29, 1.82) is 0 Å². The van der Waals surface area contributed by atoms with Gasteiger partial charge in [0.1, 0.15) is 11.5 Å². The molecule has 3 N–H and O–H groups in total. The number of aromatic nitrogens is 1. The summed E-state index contributed by atoms with van der Waals surface area (Å²) in [6.45, 7) is 1.54. The highest BCUT2D eigenvalue weighted by Crippen LogP contribution is 2.28. The van der Waals surface area contributed by atoms with Crippen LogP contribution in [0.5, 0.6) is 5.88 Å². The van der Waals surface area contributed by atoms with Gasteiger partial charge in [0.25, 0.3) is 0 Å². The summed E-state index contributed by atoms with van der Waals surface area (Å²) in [6, 6.07) is 5.64. The predicted octanol–water partition coefficient (Wildman–Crippen LogP) is 3.00. The molecule has 1 aromatic carbocycles. The molecule has 0 aliphatic rings. The minimum Gasteiger partial charge on any atom is -0.481 e. The van der Waals surface area contributed by atoms with Crippen LogP contribution in [0.15, 0.2) is 24.3 Å². The first-order chi connectivity index (χ1) is 9.02. The zero-order valence-corrected chi connectivity index (χ0v) is 10.5. The monoisotopic (exact) mass is 265 g/mol. The van der Waals surface area contributed by atoms with Crippen molar-refractivity contribution < 1.29 is 13.5 Å². The number of hydrogen-bond acceptors (Lipinski definition) is 4. The molecule has 0 atom stereocenters. The van der Waals surface area contributed by atoms with Crippen molar-refractivity contribution in [3.8, 4) is 5.88 Å². The maximum absolute atomic E-state index is 13.9.